The molecule has 4 nitrogen and oxygen atoms in total. The van der Waals surface area contributed by atoms with Gasteiger partial charge in [0, 0.05) is 5.02 Å². The van der Waals surface area contributed by atoms with Gasteiger partial charge in [0.15, 0.2) is 0 Å². The number of imide groups is 1. The van der Waals surface area contributed by atoms with Crippen LogP contribution in [0.1, 0.15) is 18.1 Å². The Balaban J connectivity index is 1.73. The number of hydrogen-bond donors (Lipinski definition) is 1. The lowest BCUT2D eigenvalue weighted by molar-refractivity contribution is -0.131. The first-order valence-corrected chi connectivity index (χ1v) is 8.73. The first-order chi connectivity index (χ1) is 12.5. The molecule has 1 fully saturated rings. The van der Waals surface area contributed by atoms with Gasteiger partial charge in [-0.1, -0.05) is 66.2 Å². The van der Waals surface area contributed by atoms with Gasteiger partial charge in [-0.3, -0.25) is 9.69 Å². The Hall–Kier alpha value is -2.85. The highest BCUT2D eigenvalue weighted by molar-refractivity contribution is 6.30. The molecule has 3 aromatic carbocycles. The summed E-state index contributed by atoms with van der Waals surface area (Å²) in [7, 11) is 0. The number of nitrogens with one attached hydrogen (secondary N) is 1. The van der Waals surface area contributed by atoms with E-state index >= 15 is 0 Å². The number of hydrogen-bond acceptors (Lipinski definition) is 2. The van der Waals surface area contributed by atoms with Gasteiger partial charge in [0.05, 0.1) is 6.54 Å². The molecular weight excluding hydrogens is 348 g/mol. The quantitative estimate of drug-likeness (QED) is 0.697. The van der Waals surface area contributed by atoms with Crippen LogP contribution >= 0.6 is 11.6 Å². The van der Waals surface area contributed by atoms with Crippen LogP contribution in [0.3, 0.4) is 0 Å². The topological polar surface area (TPSA) is 49.4 Å². The Bertz CT molecular complexity index is 1030. The lowest BCUT2D eigenvalue weighted by Crippen LogP contribution is -2.41. The van der Waals surface area contributed by atoms with Gasteiger partial charge in [-0.25, -0.2) is 4.79 Å². The average molecular weight is 365 g/mol. The third kappa shape index (κ3) is 2.63. The van der Waals surface area contributed by atoms with Crippen molar-refractivity contribution in [3.05, 3.63) is 82.9 Å². The van der Waals surface area contributed by atoms with Gasteiger partial charge in [-0.2, -0.15) is 0 Å². The van der Waals surface area contributed by atoms with Crippen molar-refractivity contribution < 1.29 is 9.59 Å². The number of benzene rings is 3. The van der Waals surface area contributed by atoms with Crippen molar-refractivity contribution in [2.45, 2.75) is 19.0 Å². The fourth-order valence-electron chi connectivity index (χ4n) is 3.50. The van der Waals surface area contributed by atoms with Crippen molar-refractivity contribution in [1.82, 2.24) is 10.2 Å². The maximum atomic E-state index is 13.2. The first kappa shape index (κ1) is 16.6. The van der Waals surface area contributed by atoms with E-state index in [1.54, 1.807) is 25.1 Å². The predicted octanol–water partition coefficient (Wildman–Crippen LogP) is 4.46. The molecule has 0 spiro atoms. The molecule has 0 unspecified atom stereocenters. The van der Waals surface area contributed by atoms with Gasteiger partial charge in [0.1, 0.15) is 5.54 Å². The highest BCUT2D eigenvalue weighted by Gasteiger charge is 2.49. The fraction of sp³-hybridized carbons (Fsp3) is 0.143. The molecule has 26 heavy (non-hydrogen) atoms. The van der Waals surface area contributed by atoms with Crippen molar-refractivity contribution in [2.24, 2.45) is 0 Å². The third-order valence-electron chi connectivity index (χ3n) is 4.83. The van der Waals surface area contributed by atoms with E-state index in [-0.39, 0.29) is 12.5 Å². The zero-order valence-electron chi connectivity index (χ0n) is 14.2. The lowest BCUT2D eigenvalue weighted by atomic mass is 9.88. The highest BCUT2D eigenvalue weighted by Crippen LogP contribution is 2.34. The fourth-order valence-corrected chi connectivity index (χ4v) is 3.72. The minimum absolute atomic E-state index is 0.186. The summed E-state index contributed by atoms with van der Waals surface area (Å²) in [6.45, 7) is 1.94. The number of rotatable bonds is 3. The van der Waals surface area contributed by atoms with Crippen LogP contribution in [-0.4, -0.2) is 16.8 Å². The van der Waals surface area contributed by atoms with E-state index in [9.17, 15) is 9.59 Å². The summed E-state index contributed by atoms with van der Waals surface area (Å²) in [5, 5.41) is 5.44. The molecule has 0 radical (unpaired) electrons. The van der Waals surface area contributed by atoms with Crippen molar-refractivity contribution in [3.8, 4) is 0 Å². The highest BCUT2D eigenvalue weighted by atomic mass is 35.5. The van der Waals surface area contributed by atoms with E-state index in [1.165, 1.54) is 4.90 Å². The molecule has 1 aliphatic rings. The molecule has 130 valence electrons. The van der Waals surface area contributed by atoms with Gasteiger partial charge in [-0.05, 0) is 41.0 Å². The van der Waals surface area contributed by atoms with E-state index in [2.05, 4.69) is 5.32 Å². The van der Waals surface area contributed by atoms with Crippen LogP contribution in [0.15, 0.2) is 66.7 Å². The predicted molar refractivity (Wildman–Crippen MR) is 102 cm³/mol. The molecular formula is C21H17ClN2O2. The van der Waals surface area contributed by atoms with E-state index in [0.29, 0.717) is 5.02 Å². The Morgan fingerprint density at radius 3 is 2.54 bits per heavy atom. The maximum absolute atomic E-state index is 13.2. The molecule has 0 aliphatic carbocycles. The first-order valence-electron chi connectivity index (χ1n) is 8.36. The molecule has 1 heterocycles. The van der Waals surface area contributed by atoms with E-state index in [1.807, 2.05) is 48.5 Å². The van der Waals surface area contributed by atoms with Gasteiger partial charge < -0.3 is 5.32 Å². The lowest BCUT2D eigenvalue weighted by Gasteiger charge is -2.24. The van der Waals surface area contributed by atoms with Gasteiger partial charge in [0.25, 0.3) is 5.91 Å². The molecule has 5 heteroatoms. The van der Waals surface area contributed by atoms with Crippen molar-refractivity contribution in [1.29, 1.82) is 0 Å². The zero-order valence-corrected chi connectivity index (χ0v) is 15.0. The van der Waals surface area contributed by atoms with Crippen LogP contribution in [0.2, 0.25) is 5.02 Å². The monoisotopic (exact) mass is 364 g/mol. The van der Waals surface area contributed by atoms with Crippen molar-refractivity contribution in [3.63, 3.8) is 0 Å². The Labute approximate surface area is 156 Å². The second-order valence-corrected chi connectivity index (χ2v) is 7.04. The molecule has 1 aliphatic heterocycles. The third-order valence-corrected chi connectivity index (χ3v) is 5.07. The standard InChI is InChI=1S/C21H17ClN2O2/c1-21(18-11-5-8-15-7-2-3-10-17(15)18)19(25)24(20(26)23-21)13-14-6-4-9-16(22)12-14/h2-12H,13H2,1H3,(H,23,26)/t21-/m0/s1. The zero-order chi connectivity index (χ0) is 18.3. The number of nitrogens with zero attached hydrogens (tertiary/aromatic N) is 1. The summed E-state index contributed by atoms with van der Waals surface area (Å²) < 4.78 is 0. The SMILES string of the molecule is C[C@@]1(c2cccc3ccccc23)NC(=O)N(Cc2cccc(Cl)c2)C1=O. The van der Waals surface area contributed by atoms with E-state index < -0.39 is 11.6 Å². The second kappa shape index (κ2) is 6.15. The van der Waals surface area contributed by atoms with Crippen LogP contribution in [0, 0.1) is 0 Å². The van der Waals surface area contributed by atoms with E-state index in [4.69, 9.17) is 11.6 Å². The molecule has 0 aromatic heterocycles. The normalized spacial score (nSPS) is 19.8. The van der Waals surface area contributed by atoms with Crippen LogP contribution in [0.5, 0.6) is 0 Å². The van der Waals surface area contributed by atoms with Gasteiger partial charge >= 0.3 is 6.03 Å². The molecule has 1 atom stereocenters. The number of fused-ring (bicyclic) bond motifs is 1. The minimum atomic E-state index is -1.10. The van der Waals surface area contributed by atoms with Crippen LogP contribution < -0.4 is 5.32 Å². The molecule has 3 amide bonds. The average Bonchev–Trinajstić information content (AvgIpc) is 2.85. The molecule has 0 bridgehead atoms. The van der Waals surface area contributed by atoms with Crippen molar-refractivity contribution >= 4 is 34.3 Å². The molecule has 3 aromatic rings. The van der Waals surface area contributed by atoms with Crippen LogP contribution in [0.4, 0.5) is 4.79 Å². The Morgan fingerprint density at radius 2 is 1.73 bits per heavy atom. The van der Waals surface area contributed by atoms with Crippen LogP contribution in [-0.2, 0) is 16.9 Å². The molecule has 0 saturated carbocycles. The molecule has 4 rings (SSSR count). The maximum Gasteiger partial charge on any atom is 0.325 e. The summed E-state index contributed by atoms with van der Waals surface area (Å²) in [6.07, 6.45) is 0. The molecule has 1 N–H and O–H groups in total. The summed E-state index contributed by atoms with van der Waals surface area (Å²) in [5.74, 6) is -0.265. The van der Waals surface area contributed by atoms with E-state index in [0.717, 1.165) is 21.9 Å². The Morgan fingerprint density at radius 1 is 1.00 bits per heavy atom. The Kier molecular flexibility index (Phi) is 3.93. The number of urea groups is 1. The summed E-state index contributed by atoms with van der Waals surface area (Å²) >= 11 is 6.02. The second-order valence-electron chi connectivity index (χ2n) is 6.60. The smallest absolute Gasteiger partial charge is 0.319 e. The molecule has 1 saturated heterocycles. The van der Waals surface area contributed by atoms with Gasteiger partial charge in [-0.15, -0.1) is 0 Å². The number of amides is 3. The largest absolute Gasteiger partial charge is 0.325 e. The summed E-state index contributed by atoms with van der Waals surface area (Å²) in [6, 6.07) is 20.4. The summed E-state index contributed by atoms with van der Waals surface area (Å²) in [5.41, 5.74) is 0.502. The number of carbonyl (C=O) groups excluding carboxylic acids is 2. The number of halogens is 1. The number of carbonyl (C=O) groups is 2. The minimum Gasteiger partial charge on any atom is -0.319 e. The van der Waals surface area contributed by atoms with Gasteiger partial charge in [0.2, 0.25) is 0 Å². The summed E-state index contributed by atoms with van der Waals surface area (Å²) in [4.78, 5) is 27.0. The van der Waals surface area contributed by atoms with Crippen LogP contribution in [0.25, 0.3) is 10.8 Å². The van der Waals surface area contributed by atoms with Crippen molar-refractivity contribution in [2.75, 3.05) is 0 Å².